The van der Waals surface area contributed by atoms with Crippen molar-refractivity contribution in [2.24, 2.45) is 4.99 Å². The number of likely N-dealkylation sites (N-methyl/N-ethyl adjacent to an activating group) is 1. The van der Waals surface area contributed by atoms with Crippen LogP contribution >= 0.6 is 24.0 Å². The van der Waals surface area contributed by atoms with Gasteiger partial charge in [0.1, 0.15) is 0 Å². The van der Waals surface area contributed by atoms with Crippen LogP contribution in [0, 0.1) is 0 Å². The number of benzene rings is 1. The number of hydrogen-bond donors (Lipinski definition) is 2. The highest BCUT2D eigenvalue weighted by Crippen LogP contribution is 2.20. The minimum atomic E-state index is 0. The molecule has 0 spiro atoms. The van der Waals surface area contributed by atoms with Crippen LogP contribution in [0.25, 0.3) is 0 Å². The van der Waals surface area contributed by atoms with Crippen molar-refractivity contribution in [3.05, 3.63) is 47.6 Å². The van der Waals surface area contributed by atoms with Gasteiger partial charge in [-0.3, -0.25) is 9.89 Å². The fraction of sp³-hybridized carbons (Fsp3) is 0.591. The van der Waals surface area contributed by atoms with E-state index in [1.807, 2.05) is 0 Å². The summed E-state index contributed by atoms with van der Waals surface area (Å²) in [5.41, 5.74) is 1.29. The Bertz CT molecular complexity index is 730. The SMILES string of the molecule is CCNC(=NCC(c1ccccc1)N(CC)CC)NCCc1nc(C(C)C)no1.I. The lowest BCUT2D eigenvalue weighted by Gasteiger charge is -2.29. The van der Waals surface area contributed by atoms with Crippen LogP contribution < -0.4 is 10.6 Å². The van der Waals surface area contributed by atoms with Crippen LogP contribution in [0.5, 0.6) is 0 Å². The number of aliphatic imine (C=N–C) groups is 1. The molecule has 0 radical (unpaired) electrons. The molecule has 2 rings (SSSR count). The third kappa shape index (κ3) is 8.22. The number of nitrogens with one attached hydrogen (secondary N) is 2. The first-order valence-electron chi connectivity index (χ1n) is 10.7. The van der Waals surface area contributed by atoms with Gasteiger partial charge in [0.2, 0.25) is 5.89 Å². The molecule has 0 saturated heterocycles. The van der Waals surface area contributed by atoms with Crippen LogP contribution in [0.3, 0.4) is 0 Å². The second-order valence-corrected chi connectivity index (χ2v) is 7.25. The maximum atomic E-state index is 5.32. The molecule has 0 saturated carbocycles. The fourth-order valence-corrected chi connectivity index (χ4v) is 3.18. The van der Waals surface area contributed by atoms with Crippen LogP contribution in [-0.4, -0.2) is 53.7 Å². The number of rotatable bonds is 11. The van der Waals surface area contributed by atoms with Gasteiger partial charge >= 0.3 is 0 Å². The Balaban J connectivity index is 0.00000450. The number of halogens is 1. The summed E-state index contributed by atoms with van der Waals surface area (Å²) in [5.74, 6) is 2.49. The minimum Gasteiger partial charge on any atom is -0.357 e. The third-order valence-corrected chi connectivity index (χ3v) is 4.84. The van der Waals surface area contributed by atoms with Gasteiger partial charge in [0.05, 0.1) is 12.6 Å². The van der Waals surface area contributed by atoms with Gasteiger partial charge in [0.25, 0.3) is 0 Å². The van der Waals surface area contributed by atoms with E-state index in [0.717, 1.165) is 31.4 Å². The Morgan fingerprint density at radius 2 is 1.80 bits per heavy atom. The average molecular weight is 528 g/mol. The molecule has 0 bridgehead atoms. The van der Waals surface area contributed by atoms with Gasteiger partial charge in [-0.25, -0.2) is 0 Å². The summed E-state index contributed by atoms with van der Waals surface area (Å²) < 4.78 is 5.32. The molecule has 1 heterocycles. The molecule has 0 fully saturated rings. The summed E-state index contributed by atoms with van der Waals surface area (Å²) in [5, 5.41) is 10.7. The van der Waals surface area contributed by atoms with E-state index in [9.17, 15) is 0 Å². The Kier molecular flexibility index (Phi) is 12.6. The largest absolute Gasteiger partial charge is 0.357 e. The standard InChI is InChI=1S/C22H36N6O.HI/c1-6-23-22(24-15-14-20-26-21(17(4)5)27-29-20)25-16-19(28(7-2)8-3)18-12-10-9-11-13-18;/h9-13,17,19H,6-8,14-16H2,1-5H3,(H2,23,24,25);1H. The molecular formula is C22H37IN6O. The van der Waals surface area contributed by atoms with E-state index in [1.165, 1.54) is 5.56 Å². The van der Waals surface area contributed by atoms with E-state index in [0.29, 0.717) is 25.4 Å². The molecule has 8 heteroatoms. The zero-order valence-corrected chi connectivity index (χ0v) is 21.2. The van der Waals surface area contributed by atoms with E-state index >= 15 is 0 Å². The summed E-state index contributed by atoms with van der Waals surface area (Å²) in [4.78, 5) is 11.7. The van der Waals surface area contributed by atoms with Gasteiger partial charge in [0.15, 0.2) is 11.8 Å². The van der Waals surface area contributed by atoms with Crippen molar-refractivity contribution in [2.75, 3.05) is 32.7 Å². The molecule has 1 unspecified atom stereocenters. The van der Waals surface area contributed by atoms with Gasteiger partial charge in [-0.1, -0.05) is 63.2 Å². The Morgan fingerprint density at radius 1 is 1.10 bits per heavy atom. The lowest BCUT2D eigenvalue weighted by Crippen LogP contribution is -2.39. The van der Waals surface area contributed by atoms with Crippen molar-refractivity contribution in [1.29, 1.82) is 0 Å². The van der Waals surface area contributed by atoms with Crippen molar-refractivity contribution in [1.82, 2.24) is 25.7 Å². The number of aromatic nitrogens is 2. The molecule has 168 valence electrons. The summed E-state index contributed by atoms with van der Waals surface area (Å²) in [7, 11) is 0. The highest BCUT2D eigenvalue weighted by Gasteiger charge is 2.17. The minimum absolute atomic E-state index is 0. The lowest BCUT2D eigenvalue weighted by atomic mass is 10.1. The second kappa shape index (κ2) is 14.3. The molecule has 0 aliphatic carbocycles. The molecule has 1 aromatic heterocycles. The molecule has 1 aromatic carbocycles. The topological polar surface area (TPSA) is 78.6 Å². The molecule has 30 heavy (non-hydrogen) atoms. The third-order valence-electron chi connectivity index (χ3n) is 4.84. The van der Waals surface area contributed by atoms with Crippen molar-refractivity contribution in [2.45, 2.75) is 53.0 Å². The summed E-state index contributed by atoms with van der Waals surface area (Å²) in [6, 6.07) is 10.9. The Morgan fingerprint density at radius 3 is 2.37 bits per heavy atom. The number of nitrogens with zero attached hydrogens (tertiary/aromatic N) is 4. The first-order chi connectivity index (χ1) is 14.1. The van der Waals surface area contributed by atoms with Gasteiger partial charge in [0, 0.05) is 25.4 Å². The predicted octanol–water partition coefficient (Wildman–Crippen LogP) is 3.99. The molecule has 0 amide bonds. The Hall–Kier alpha value is -1.68. The van der Waals surface area contributed by atoms with E-state index in [1.54, 1.807) is 0 Å². The van der Waals surface area contributed by atoms with Crippen LogP contribution in [0.15, 0.2) is 39.8 Å². The quantitative estimate of drug-likeness (QED) is 0.261. The zero-order chi connectivity index (χ0) is 21.1. The predicted molar refractivity (Wildman–Crippen MR) is 134 cm³/mol. The fourth-order valence-electron chi connectivity index (χ4n) is 3.18. The van der Waals surface area contributed by atoms with Gasteiger partial charge in [-0.2, -0.15) is 4.98 Å². The van der Waals surface area contributed by atoms with Crippen LogP contribution in [-0.2, 0) is 6.42 Å². The van der Waals surface area contributed by atoms with E-state index < -0.39 is 0 Å². The Labute approximate surface area is 198 Å². The first-order valence-corrected chi connectivity index (χ1v) is 10.7. The number of guanidine groups is 1. The lowest BCUT2D eigenvalue weighted by molar-refractivity contribution is 0.224. The van der Waals surface area contributed by atoms with Crippen molar-refractivity contribution in [3.8, 4) is 0 Å². The maximum absolute atomic E-state index is 5.32. The molecule has 2 aromatic rings. The van der Waals surface area contributed by atoms with Crippen molar-refractivity contribution < 1.29 is 4.52 Å². The molecule has 7 nitrogen and oxygen atoms in total. The van der Waals surface area contributed by atoms with E-state index in [4.69, 9.17) is 9.52 Å². The molecule has 2 N–H and O–H groups in total. The highest BCUT2D eigenvalue weighted by molar-refractivity contribution is 14.0. The molecule has 0 aliphatic heterocycles. The molecule has 0 aliphatic rings. The van der Waals surface area contributed by atoms with Crippen molar-refractivity contribution in [3.63, 3.8) is 0 Å². The van der Waals surface area contributed by atoms with Crippen LogP contribution in [0.2, 0.25) is 0 Å². The number of hydrogen-bond acceptors (Lipinski definition) is 5. The van der Waals surface area contributed by atoms with E-state index in [-0.39, 0.29) is 35.9 Å². The maximum Gasteiger partial charge on any atom is 0.228 e. The smallest absolute Gasteiger partial charge is 0.228 e. The highest BCUT2D eigenvalue weighted by atomic mass is 127. The van der Waals surface area contributed by atoms with Crippen LogP contribution in [0.1, 0.15) is 63.9 Å². The van der Waals surface area contributed by atoms with Crippen LogP contribution in [0.4, 0.5) is 0 Å². The molecule has 1 atom stereocenters. The van der Waals surface area contributed by atoms with Gasteiger partial charge < -0.3 is 15.2 Å². The summed E-state index contributed by atoms with van der Waals surface area (Å²) in [6.07, 6.45) is 0.669. The summed E-state index contributed by atoms with van der Waals surface area (Å²) in [6.45, 7) is 14.8. The molecular weight excluding hydrogens is 491 g/mol. The second-order valence-electron chi connectivity index (χ2n) is 7.25. The monoisotopic (exact) mass is 528 g/mol. The summed E-state index contributed by atoms with van der Waals surface area (Å²) >= 11 is 0. The first kappa shape index (κ1) is 26.4. The normalized spacial score (nSPS) is 12.7. The van der Waals surface area contributed by atoms with Crippen molar-refractivity contribution >= 4 is 29.9 Å². The van der Waals surface area contributed by atoms with Gasteiger partial charge in [-0.05, 0) is 25.6 Å². The van der Waals surface area contributed by atoms with E-state index in [2.05, 4.69) is 90.6 Å². The zero-order valence-electron chi connectivity index (χ0n) is 18.9. The van der Waals surface area contributed by atoms with Gasteiger partial charge in [-0.15, -0.1) is 24.0 Å². The average Bonchev–Trinajstić information content (AvgIpc) is 3.21.